The zero-order valence-corrected chi connectivity index (χ0v) is 8.08. The molecule has 2 heterocycles. The molecule has 16 heavy (non-hydrogen) atoms. The van der Waals surface area contributed by atoms with Gasteiger partial charge in [-0.3, -0.25) is 9.78 Å². The molecule has 2 aromatic rings. The van der Waals surface area contributed by atoms with E-state index in [1.165, 1.54) is 18.3 Å². The third kappa shape index (κ3) is 1.70. The molecule has 0 unspecified atom stereocenters. The van der Waals surface area contributed by atoms with Gasteiger partial charge in [-0.05, 0) is 24.3 Å². The fraction of sp³-hybridized carbons (Fsp3) is 0. The summed E-state index contributed by atoms with van der Waals surface area (Å²) in [6, 6.07) is 5.99. The Kier molecular flexibility index (Phi) is 2.51. The summed E-state index contributed by atoms with van der Waals surface area (Å²) < 4.78 is 5.05. The van der Waals surface area contributed by atoms with Crippen LogP contribution in [0.1, 0.15) is 20.9 Å². The van der Waals surface area contributed by atoms with Crippen LogP contribution in [0, 0.1) is 0 Å². The highest BCUT2D eigenvalue weighted by molar-refractivity contribution is 5.87. The molecule has 1 N–H and O–H groups in total. The Balaban J connectivity index is 2.50. The second kappa shape index (κ2) is 3.98. The van der Waals surface area contributed by atoms with Gasteiger partial charge in [0.1, 0.15) is 5.69 Å². The van der Waals surface area contributed by atoms with Crippen LogP contribution in [0.2, 0.25) is 0 Å². The predicted octanol–water partition coefficient (Wildman–Crippen LogP) is 1.85. The summed E-state index contributed by atoms with van der Waals surface area (Å²) >= 11 is 0. The number of aromatic nitrogens is 1. The lowest BCUT2D eigenvalue weighted by molar-refractivity contribution is 0.0663. The Morgan fingerprint density at radius 1 is 1.38 bits per heavy atom. The van der Waals surface area contributed by atoms with Crippen LogP contribution < -0.4 is 0 Å². The molecule has 0 radical (unpaired) electrons. The molecule has 0 amide bonds. The highest BCUT2D eigenvalue weighted by Gasteiger charge is 2.13. The molecule has 0 aromatic carbocycles. The molecule has 0 bridgehead atoms. The molecular weight excluding hydrogens is 210 g/mol. The number of hydrogen-bond acceptors (Lipinski definition) is 4. The minimum atomic E-state index is -1.16. The third-order valence-corrected chi connectivity index (χ3v) is 2.02. The molecule has 2 aromatic heterocycles. The number of carbonyl (C=O) groups is 2. The molecule has 0 fully saturated rings. The molecule has 0 spiro atoms. The van der Waals surface area contributed by atoms with E-state index < -0.39 is 5.97 Å². The minimum absolute atomic E-state index is 0.183. The Morgan fingerprint density at radius 3 is 2.81 bits per heavy atom. The lowest BCUT2D eigenvalue weighted by Crippen LogP contribution is -1.92. The highest BCUT2D eigenvalue weighted by atomic mass is 16.4. The summed E-state index contributed by atoms with van der Waals surface area (Å²) in [6.45, 7) is 0. The van der Waals surface area contributed by atoms with Crippen LogP contribution in [0.5, 0.6) is 0 Å². The van der Waals surface area contributed by atoms with E-state index in [-0.39, 0.29) is 11.5 Å². The van der Waals surface area contributed by atoms with Crippen molar-refractivity contribution in [2.75, 3.05) is 0 Å². The van der Waals surface area contributed by atoms with Crippen LogP contribution in [-0.2, 0) is 0 Å². The minimum Gasteiger partial charge on any atom is -0.475 e. The number of carbonyl (C=O) groups excluding carboxylic acids is 1. The van der Waals surface area contributed by atoms with Crippen LogP contribution in [0.25, 0.3) is 11.5 Å². The summed E-state index contributed by atoms with van der Waals surface area (Å²) in [5.74, 6) is -1.08. The maximum absolute atomic E-state index is 10.7. The summed E-state index contributed by atoms with van der Waals surface area (Å²) in [5, 5.41) is 8.69. The van der Waals surface area contributed by atoms with Crippen molar-refractivity contribution in [3.63, 3.8) is 0 Å². The Labute approximate surface area is 90.3 Å². The second-order valence-electron chi connectivity index (χ2n) is 3.03. The molecule has 0 saturated heterocycles. The molecule has 80 valence electrons. The van der Waals surface area contributed by atoms with Gasteiger partial charge in [0.2, 0.25) is 5.76 Å². The largest absolute Gasteiger partial charge is 0.475 e. The van der Waals surface area contributed by atoms with Crippen molar-refractivity contribution < 1.29 is 19.1 Å². The van der Waals surface area contributed by atoms with Gasteiger partial charge in [-0.25, -0.2) is 4.79 Å². The topological polar surface area (TPSA) is 80.4 Å². The maximum atomic E-state index is 10.7. The Hall–Kier alpha value is -2.43. The van der Waals surface area contributed by atoms with Gasteiger partial charge in [0.05, 0.1) is 0 Å². The van der Waals surface area contributed by atoms with Gasteiger partial charge >= 0.3 is 5.97 Å². The monoisotopic (exact) mass is 217 g/mol. The molecule has 0 aliphatic rings. The molecule has 0 aliphatic carbocycles. The second-order valence-corrected chi connectivity index (χ2v) is 3.03. The van der Waals surface area contributed by atoms with Crippen molar-refractivity contribution in [3.8, 4) is 11.5 Å². The van der Waals surface area contributed by atoms with Gasteiger partial charge in [-0.2, -0.15) is 0 Å². The van der Waals surface area contributed by atoms with Crippen LogP contribution in [0.4, 0.5) is 0 Å². The van der Waals surface area contributed by atoms with E-state index in [0.29, 0.717) is 17.5 Å². The van der Waals surface area contributed by atoms with Gasteiger partial charge in [0.15, 0.2) is 12.0 Å². The van der Waals surface area contributed by atoms with Gasteiger partial charge in [-0.1, -0.05) is 0 Å². The number of hydrogen-bond donors (Lipinski definition) is 1. The van der Waals surface area contributed by atoms with Crippen LogP contribution in [0.3, 0.4) is 0 Å². The first kappa shape index (κ1) is 10.1. The summed E-state index contributed by atoms with van der Waals surface area (Å²) in [4.78, 5) is 25.3. The Morgan fingerprint density at radius 2 is 2.19 bits per heavy atom. The number of pyridine rings is 1. The average Bonchev–Trinajstić information content (AvgIpc) is 2.78. The maximum Gasteiger partial charge on any atom is 0.371 e. The number of nitrogens with zero attached hydrogens (tertiary/aromatic N) is 1. The van der Waals surface area contributed by atoms with E-state index in [1.807, 2.05) is 0 Å². The van der Waals surface area contributed by atoms with Crippen molar-refractivity contribution >= 4 is 12.3 Å². The zero-order valence-electron chi connectivity index (χ0n) is 8.08. The van der Waals surface area contributed by atoms with Gasteiger partial charge in [-0.15, -0.1) is 0 Å². The lowest BCUT2D eigenvalue weighted by atomic mass is 10.2. The smallest absolute Gasteiger partial charge is 0.371 e. The molecule has 0 atom stereocenters. The SMILES string of the molecule is O=Cc1cccnc1-c1ccc(C(=O)O)o1. The number of aromatic carboxylic acids is 1. The number of carboxylic acid groups (broad SMARTS) is 1. The van der Waals surface area contributed by atoms with Crippen molar-refractivity contribution in [2.45, 2.75) is 0 Å². The van der Waals surface area contributed by atoms with Gasteiger partial charge in [0.25, 0.3) is 0 Å². The first-order valence-electron chi connectivity index (χ1n) is 4.46. The summed E-state index contributed by atoms with van der Waals surface area (Å²) in [6.07, 6.45) is 2.15. The van der Waals surface area contributed by atoms with Crippen molar-refractivity contribution in [1.29, 1.82) is 0 Å². The van der Waals surface area contributed by atoms with Crippen molar-refractivity contribution in [3.05, 3.63) is 41.8 Å². The van der Waals surface area contributed by atoms with E-state index in [0.717, 1.165) is 0 Å². The third-order valence-electron chi connectivity index (χ3n) is 2.02. The molecular formula is C11H7NO4. The van der Waals surface area contributed by atoms with E-state index in [2.05, 4.69) is 4.98 Å². The molecule has 5 heteroatoms. The van der Waals surface area contributed by atoms with Crippen LogP contribution in [-0.4, -0.2) is 22.3 Å². The fourth-order valence-electron chi connectivity index (χ4n) is 1.30. The molecule has 0 aliphatic heterocycles. The molecule has 2 rings (SSSR count). The van der Waals surface area contributed by atoms with Crippen molar-refractivity contribution in [1.82, 2.24) is 4.98 Å². The Bertz CT molecular complexity index is 544. The number of furan rings is 1. The lowest BCUT2D eigenvalue weighted by Gasteiger charge is -1.98. The fourth-order valence-corrected chi connectivity index (χ4v) is 1.30. The van der Waals surface area contributed by atoms with E-state index in [1.54, 1.807) is 12.1 Å². The highest BCUT2D eigenvalue weighted by Crippen LogP contribution is 2.22. The number of rotatable bonds is 3. The first-order chi connectivity index (χ1) is 7.72. The summed E-state index contributed by atoms with van der Waals surface area (Å²) in [7, 11) is 0. The molecule has 5 nitrogen and oxygen atoms in total. The number of aldehydes is 1. The quantitative estimate of drug-likeness (QED) is 0.793. The predicted molar refractivity (Wildman–Crippen MR) is 54.3 cm³/mol. The van der Waals surface area contributed by atoms with Gasteiger partial charge < -0.3 is 9.52 Å². The van der Waals surface area contributed by atoms with Crippen LogP contribution >= 0.6 is 0 Å². The van der Waals surface area contributed by atoms with Crippen LogP contribution in [0.15, 0.2) is 34.9 Å². The molecule has 0 saturated carbocycles. The zero-order chi connectivity index (χ0) is 11.5. The van der Waals surface area contributed by atoms with Gasteiger partial charge in [0, 0.05) is 11.8 Å². The van der Waals surface area contributed by atoms with E-state index in [4.69, 9.17) is 9.52 Å². The summed E-state index contributed by atoms with van der Waals surface area (Å²) in [5.41, 5.74) is 0.693. The normalized spacial score (nSPS) is 10.0. The van der Waals surface area contributed by atoms with E-state index in [9.17, 15) is 9.59 Å². The first-order valence-corrected chi connectivity index (χ1v) is 4.46. The average molecular weight is 217 g/mol. The number of carboxylic acids is 1. The van der Waals surface area contributed by atoms with Crippen molar-refractivity contribution in [2.24, 2.45) is 0 Å². The standard InChI is InChI=1S/C11H7NO4/c13-6-7-2-1-5-12-10(7)8-3-4-9(16-8)11(14)15/h1-6H,(H,14,15). The van der Waals surface area contributed by atoms with E-state index >= 15 is 0 Å².